The Morgan fingerprint density at radius 2 is 1.58 bits per heavy atom. The minimum atomic E-state index is -0.941. The van der Waals surface area contributed by atoms with Crippen LogP contribution in [0.25, 0.3) is 11.3 Å². The Labute approximate surface area is 215 Å². The fraction of sp³-hybridized carbons (Fsp3) is 0.633. The van der Waals surface area contributed by atoms with Gasteiger partial charge in [-0.3, -0.25) is 14.3 Å². The highest BCUT2D eigenvalue weighted by molar-refractivity contribution is 6.00. The standard InChI is InChI=1S/C30H42N4O2/c1-3-22-16-18-23(19-17-22)26-20-27-28(35)34(25-14-10-7-11-15-25)30(2,21-33(27)32-26)29(36)31-24-12-8-5-4-6-9-13-24/h16-20,24-25H,3-15,21H2,1-2H3,(H,31,36). The number of carbonyl (C=O) groups excluding carboxylic acids is 2. The molecule has 0 bridgehead atoms. The van der Waals surface area contributed by atoms with Gasteiger partial charge in [-0.1, -0.05) is 82.6 Å². The first-order valence-electron chi connectivity index (χ1n) is 14.3. The van der Waals surface area contributed by atoms with Crippen LogP contribution in [-0.2, 0) is 17.8 Å². The molecule has 1 atom stereocenters. The molecule has 36 heavy (non-hydrogen) atoms. The summed E-state index contributed by atoms with van der Waals surface area (Å²) in [6.07, 6.45) is 14.5. The van der Waals surface area contributed by atoms with Gasteiger partial charge in [-0.2, -0.15) is 5.10 Å². The van der Waals surface area contributed by atoms with E-state index in [1.807, 2.05) is 17.9 Å². The van der Waals surface area contributed by atoms with Crippen molar-refractivity contribution in [3.63, 3.8) is 0 Å². The second kappa shape index (κ2) is 10.8. The van der Waals surface area contributed by atoms with E-state index in [4.69, 9.17) is 5.10 Å². The fourth-order valence-electron chi connectivity index (χ4n) is 6.51. The maximum atomic E-state index is 14.1. The van der Waals surface area contributed by atoms with Crippen LogP contribution in [0, 0.1) is 0 Å². The first-order valence-corrected chi connectivity index (χ1v) is 14.3. The van der Waals surface area contributed by atoms with Crippen LogP contribution in [0.2, 0.25) is 0 Å². The van der Waals surface area contributed by atoms with Gasteiger partial charge in [0.1, 0.15) is 11.2 Å². The second-order valence-corrected chi connectivity index (χ2v) is 11.4. The number of amides is 2. The molecule has 1 N–H and O–H groups in total. The summed E-state index contributed by atoms with van der Waals surface area (Å²) in [5.41, 5.74) is 2.75. The highest BCUT2D eigenvalue weighted by atomic mass is 16.2. The molecular formula is C30H42N4O2. The van der Waals surface area contributed by atoms with Gasteiger partial charge < -0.3 is 10.2 Å². The van der Waals surface area contributed by atoms with E-state index in [9.17, 15) is 9.59 Å². The molecular weight excluding hydrogens is 448 g/mol. The van der Waals surface area contributed by atoms with Crippen LogP contribution >= 0.6 is 0 Å². The lowest BCUT2D eigenvalue weighted by Gasteiger charge is -2.48. The molecule has 1 aromatic heterocycles. The number of nitrogens with zero attached hydrogens (tertiary/aromatic N) is 3. The number of hydrogen-bond acceptors (Lipinski definition) is 3. The van der Waals surface area contributed by atoms with Crippen molar-refractivity contribution < 1.29 is 9.59 Å². The third-order valence-corrected chi connectivity index (χ3v) is 8.73. The summed E-state index contributed by atoms with van der Waals surface area (Å²) in [7, 11) is 0. The summed E-state index contributed by atoms with van der Waals surface area (Å²) in [6.45, 7) is 4.51. The lowest BCUT2D eigenvalue weighted by Crippen LogP contribution is -2.67. The van der Waals surface area contributed by atoms with Crippen molar-refractivity contribution in [2.24, 2.45) is 0 Å². The zero-order valence-electron chi connectivity index (χ0n) is 22.1. The van der Waals surface area contributed by atoms with Crippen molar-refractivity contribution in [1.29, 1.82) is 0 Å². The van der Waals surface area contributed by atoms with Crippen LogP contribution in [0.1, 0.15) is 107 Å². The number of aryl methyl sites for hydroxylation is 1. The van der Waals surface area contributed by atoms with Crippen LogP contribution < -0.4 is 5.32 Å². The van der Waals surface area contributed by atoms with Crippen LogP contribution in [0.15, 0.2) is 30.3 Å². The van der Waals surface area contributed by atoms with Gasteiger partial charge in [-0.05, 0) is 50.7 Å². The van der Waals surface area contributed by atoms with Gasteiger partial charge in [-0.15, -0.1) is 0 Å². The number of aromatic nitrogens is 2. The molecule has 1 aliphatic heterocycles. The summed E-state index contributed by atoms with van der Waals surface area (Å²) in [4.78, 5) is 30.0. The molecule has 1 aromatic carbocycles. The molecule has 3 aliphatic rings. The van der Waals surface area contributed by atoms with Crippen molar-refractivity contribution in [3.05, 3.63) is 41.6 Å². The topological polar surface area (TPSA) is 67.2 Å². The molecule has 5 rings (SSSR count). The highest BCUT2D eigenvalue weighted by Gasteiger charge is 2.51. The summed E-state index contributed by atoms with van der Waals surface area (Å²) in [6, 6.07) is 10.6. The molecule has 0 radical (unpaired) electrons. The van der Waals surface area contributed by atoms with Crippen LogP contribution in [0.5, 0.6) is 0 Å². The Kier molecular flexibility index (Phi) is 7.49. The molecule has 2 aromatic rings. The fourth-order valence-corrected chi connectivity index (χ4v) is 6.51. The van der Waals surface area contributed by atoms with E-state index < -0.39 is 5.54 Å². The number of nitrogens with one attached hydrogen (secondary N) is 1. The zero-order valence-corrected chi connectivity index (χ0v) is 22.1. The Morgan fingerprint density at radius 3 is 2.25 bits per heavy atom. The first-order chi connectivity index (χ1) is 17.5. The lowest BCUT2D eigenvalue weighted by atomic mass is 9.86. The highest BCUT2D eigenvalue weighted by Crippen LogP contribution is 2.36. The third kappa shape index (κ3) is 4.96. The normalized spacial score (nSPS) is 24.2. The van der Waals surface area contributed by atoms with Crippen molar-refractivity contribution >= 4 is 11.8 Å². The molecule has 2 aliphatic carbocycles. The monoisotopic (exact) mass is 490 g/mol. The van der Waals surface area contributed by atoms with E-state index in [2.05, 4.69) is 36.5 Å². The minimum absolute atomic E-state index is 0.0120. The van der Waals surface area contributed by atoms with Gasteiger partial charge in [-0.25, -0.2) is 0 Å². The SMILES string of the molecule is CCc1ccc(-c2cc3n(n2)CC(C)(C(=O)NC2CCCCCCC2)N(C2CCCCC2)C3=O)cc1. The molecule has 194 valence electrons. The van der Waals surface area contributed by atoms with Crippen molar-refractivity contribution in [2.75, 3.05) is 0 Å². The van der Waals surface area contributed by atoms with E-state index >= 15 is 0 Å². The number of carbonyl (C=O) groups is 2. The number of hydrogen-bond donors (Lipinski definition) is 1. The maximum absolute atomic E-state index is 14.1. The van der Waals surface area contributed by atoms with E-state index in [0.717, 1.165) is 69.0 Å². The summed E-state index contributed by atoms with van der Waals surface area (Å²) >= 11 is 0. The molecule has 1 unspecified atom stereocenters. The van der Waals surface area contributed by atoms with E-state index in [1.54, 1.807) is 4.68 Å². The molecule has 2 heterocycles. The van der Waals surface area contributed by atoms with Gasteiger partial charge >= 0.3 is 0 Å². The smallest absolute Gasteiger partial charge is 0.273 e. The minimum Gasteiger partial charge on any atom is -0.351 e. The van der Waals surface area contributed by atoms with Gasteiger partial charge in [0.15, 0.2) is 0 Å². The third-order valence-electron chi connectivity index (χ3n) is 8.73. The molecule has 2 saturated carbocycles. The zero-order chi connectivity index (χ0) is 25.1. The second-order valence-electron chi connectivity index (χ2n) is 11.4. The maximum Gasteiger partial charge on any atom is 0.273 e. The van der Waals surface area contributed by atoms with Gasteiger partial charge in [0.05, 0.1) is 12.2 Å². The summed E-state index contributed by atoms with van der Waals surface area (Å²) in [5.74, 6) is -0.0607. The Bertz CT molecular complexity index is 1060. The average Bonchev–Trinajstić information content (AvgIpc) is 3.30. The molecule has 2 amide bonds. The molecule has 0 spiro atoms. The van der Waals surface area contributed by atoms with Crippen molar-refractivity contribution in [2.45, 2.75) is 121 Å². The van der Waals surface area contributed by atoms with Gasteiger partial charge in [0.2, 0.25) is 5.91 Å². The lowest BCUT2D eigenvalue weighted by molar-refractivity contribution is -0.136. The quantitative estimate of drug-likeness (QED) is 0.568. The largest absolute Gasteiger partial charge is 0.351 e. The Hall–Kier alpha value is -2.63. The van der Waals surface area contributed by atoms with Gasteiger partial charge in [0, 0.05) is 17.6 Å². The number of benzene rings is 1. The molecule has 0 saturated heterocycles. The predicted molar refractivity (Wildman–Crippen MR) is 143 cm³/mol. The predicted octanol–water partition coefficient (Wildman–Crippen LogP) is 5.89. The summed E-state index contributed by atoms with van der Waals surface area (Å²) in [5, 5.41) is 8.24. The Balaban J connectivity index is 1.46. The molecule has 2 fully saturated rings. The first kappa shape index (κ1) is 25.0. The van der Waals surface area contributed by atoms with Crippen LogP contribution in [0.3, 0.4) is 0 Å². The number of rotatable bonds is 5. The van der Waals surface area contributed by atoms with Gasteiger partial charge in [0.25, 0.3) is 5.91 Å². The van der Waals surface area contributed by atoms with E-state index in [1.165, 1.54) is 31.2 Å². The van der Waals surface area contributed by atoms with E-state index in [-0.39, 0.29) is 23.9 Å². The van der Waals surface area contributed by atoms with Crippen molar-refractivity contribution in [3.8, 4) is 11.3 Å². The molecule has 6 heteroatoms. The average molecular weight is 491 g/mol. The van der Waals surface area contributed by atoms with Crippen molar-refractivity contribution in [1.82, 2.24) is 20.0 Å². The summed E-state index contributed by atoms with van der Waals surface area (Å²) < 4.78 is 1.79. The molecule has 6 nitrogen and oxygen atoms in total. The van der Waals surface area contributed by atoms with Crippen LogP contribution in [-0.4, -0.2) is 44.1 Å². The van der Waals surface area contributed by atoms with E-state index in [0.29, 0.717) is 12.2 Å². The van der Waals surface area contributed by atoms with Crippen LogP contribution in [0.4, 0.5) is 0 Å². The Morgan fingerprint density at radius 1 is 0.972 bits per heavy atom. The number of fused-ring (bicyclic) bond motifs is 1.